The van der Waals surface area contributed by atoms with Gasteiger partial charge in [-0.05, 0) is 24.0 Å². The maximum absolute atomic E-state index is 11.9. The predicted octanol–water partition coefficient (Wildman–Crippen LogP) is 2.80. The van der Waals surface area contributed by atoms with Crippen LogP contribution in [0.25, 0.3) is 0 Å². The molecule has 17 heavy (non-hydrogen) atoms. The molecule has 0 bridgehead atoms. The second-order valence-corrected chi connectivity index (χ2v) is 6.37. The minimum atomic E-state index is -0.828. The van der Waals surface area contributed by atoms with Gasteiger partial charge in [-0.2, -0.15) is 0 Å². The average Bonchev–Trinajstić information content (AvgIpc) is 2.37. The summed E-state index contributed by atoms with van der Waals surface area (Å²) in [6.07, 6.45) is 1.97. The first-order valence-electron chi connectivity index (χ1n) is 6.30. The van der Waals surface area contributed by atoms with Crippen LogP contribution in [0.4, 0.5) is 0 Å². The zero-order valence-electron chi connectivity index (χ0n) is 11.0. The van der Waals surface area contributed by atoms with Crippen LogP contribution in [0.1, 0.15) is 44.4 Å². The molecule has 3 heteroatoms. The van der Waals surface area contributed by atoms with Crippen LogP contribution in [-0.4, -0.2) is 15.2 Å². The number of aryl methyl sites for hydroxylation is 1. The molecule has 0 aromatic heterocycles. The van der Waals surface area contributed by atoms with Gasteiger partial charge in [-0.3, -0.25) is 4.21 Å². The molecular weight excluding hydrogens is 230 g/mol. The molecule has 1 aromatic rings. The van der Waals surface area contributed by atoms with Crippen molar-refractivity contribution in [1.82, 2.24) is 0 Å². The lowest BCUT2D eigenvalue weighted by Gasteiger charge is -2.15. The van der Waals surface area contributed by atoms with Crippen molar-refractivity contribution in [2.24, 2.45) is 5.73 Å². The average molecular weight is 253 g/mol. The maximum atomic E-state index is 11.9. The van der Waals surface area contributed by atoms with Crippen molar-refractivity contribution in [2.75, 3.05) is 5.75 Å². The van der Waals surface area contributed by atoms with Crippen molar-refractivity contribution in [2.45, 2.75) is 44.9 Å². The van der Waals surface area contributed by atoms with Gasteiger partial charge in [-0.25, -0.2) is 0 Å². The lowest BCUT2D eigenvalue weighted by Crippen LogP contribution is -2.23. The first-order chi connectivity index (χ1) is 8.08. The van der Waals surface area contributed by atoms with Crippen molar-refractivity contribution in [1.29, 1.82) is 0 Å². The molecule has 3 unspecified atom stereocenters. The standard InChI is InChI=1S/C14H23NOS/c1-4-11(3)17(16)10-14(15)13-8-6-12(5-2)7-9-13/h6-9,11,14H,4-5,10,15H2,1-3H3. The van der Waals surface area contributed by atoms with Gasteiger partial charge in [0.2, 0.25) is 0 Å². The third-order valence-electron chi connectivity index (χ3n) is 3.18. The van der Waals surface area contributed by atoms with E-state index in [2.05, 4.69) is 38.1 Å². The Labute approximate surface area is 107 Å². The summed E-state index contributed by atoms with van der Waals surface area (Å²) in [6.45, 7) is 6.21. The topological polar surface area (TPSA) is 43.1 Å². The van der Waals surface area contributed by atoms with Gasteiger partial charge in [0.05, 0.1) is 0 Å². The Bertz CT molecular complexity index is 361. The lowest BCUT2D eigenvalue weighted by atomic mass is 10.1. The number of benzene rings is 1. The summed E-state index contributed by atoms with van der Waals surface area (Å²) in [4.78, 5) is 0. The highest BCUT2D eigenvalue weighted by atomic mass is 32.2. The van der Waals surface area contributed by atoms with Crippen LogP contribution in [0.5, 0.6) is 0 Å². The highest BCUT2D eigenvalue weighted by Gasteiger charge is 2.14. The molecule has 0 spiro atoms. The molecule has 3 atom stereocenters. The van der Waals surface area contributed by atoms with Crippen LogP contribution in [0.2, 0.25) is 0 Å². The Morgan fingerprint density at radius 3 is 2.29 bits per heavy atom. The molecule has 0 saturated carbocycles. The van der Waals surface area contributed by atoms with E-state index in [0.29, 0.717) is 5.75 Å². The van der Waals surface area contributed by atoms with Crippen LogP contribution in [-0.2, 0) is 17.2 Å². The third kappa shape index (κ3) is 4.25. The predicted molar refractivity (Wildman–Crippen MR) is 75.5 cm³/mol. The largest absolute Gasteiger partial charge is 0.323 e. The first-order valence-corrected chi connectivity index (χ1v) is 7.68. The number of hydrogen-bond donors (Lipinski definition) is 1. The van der Waals surface area contributed by atoms with E-state index in [1.54, 1.807) is 0 Å². The molecule has 0 aliphatic heterocycles. The van der Waals surface area contributed by atoms with Gasteiger partial charge in [0.15, 0.2) is 0 Å². The summed E-state index contributed by atoms with van der Waals surface area (Å²) >= 11 is 0. The van der Waals surface area contributed by atoms with Crippen LogP contribution in [0.15, 0.2) is 24.3 Å². The zero-order valence-corrected chi connectivity index (χ0v) is 11.8. The Morgan fingerprint density at radius 2 is 1.82 bits per heavy atom. The third-order valence-corrected chi connectivity index (χ3v) is 5.10. The fourth-order valence-corrected chi connectivity index (χ4v) is 2.87. The van der Waals surface area contributed by atoms with Gasteiger partial charge < -0.3 is 5.73 Å². The normalized spacial score (nSPS) is 16.5. The second-order valence-electron chi connectivity index (χ2n) is 4.47. The summed E-state index contributed by atoms with van der Waals surface area (Å²) in [5.74, 6) is 0.556. The van der Waals surface area contributed by atoms with E-state index in [0.717, 1.165) is 18.4 Å². The molecule has 2 N–H and O–H groups in total. The molecule has 0 aliphatic carbocycles. The molecular formula is C14H23NOS. The minimum Gasteiger partial charge on any atom is -0.323 e. The quantitative estimate of drug-likeness (QED) is 0.847. The molecule has 0 heterocycles. The number of rotatable bonds is 6. The summed E-state index contributed by atoms with van der Waals surface area (Å²) in [5.41, 5.74) is 8.48. The van der Waals surface area contributed by atoms with Crippen LogP contribution >= 0.6 is 0 Å². The second kappa shape index (κ2) is 6.92. The van der Waals surface area contributed by atoms with Crippen LogP contribution < -0.4 is 5.73 Å². The SMILES string of the molecule is CCc1ccc(C(N)CS(=O)C(C)CC)cc1. The smallest absolute Gasteiger partial charge is 0.0431 e. The Kier molecular flexibility index (Phi) is 5.86. The van der Waals surface area contributed by atoms with Crippen molar-refractivity contribution in [3.8, 4) is 0 Å². The number of hydrogen-bond acceptors (Lipinski definition) is 2. The Morgan fingerprint density at radius 1 is 1.24 bits per heavy atom. The van der Waals surface area contributed by atoms with Crippen molar-refractivity contribution < 1.29 is 4.21 Å². The van der Waals surface area contributed by atoms with E-state index in [-0.39, 0.29) is 11.3 Å². The molecule has 1 rings (SSSR count). The van der Waals surface area contributed by atoms with E-state index in [9.17, 15) is 4.21 Å². The zero-order chi connectivity index (χ0) is 12.8. The highest BCUT2D eigenvalue weighted by molar-refractivity contribution is 7.85. The summed E-state index contributed by atoms with van der Waals surface area (Å²) in [7, 11) is -0.828. The van der Waals surface area contributed by atoms with Crippen LogP contribution in [0.3, 0.4) is 0 Å². The van der Waals surface area contributed by atoms with E-state index < -0.39 is 10.8 Å². The molecule has 2 nitrogen and oxygen atoms in total. The molecule has 0 saturated heterocycles. The van der Waals surface area contributed by atoms with Gasteiger partial charge in [0.1, 0.15) is 0 Å². The number of nitrogens with two attached hydrogens (primary N) is 1. The van der Waals surface area contributed by atoms with Gasteiger partial charge in [-0.1, -0.05) is 45.0 Å². The fourth-order valence-electron chi connectivity index (χ4n) is 1.62. The maximum Gasteiger partial charge on any atom is 0.0431 e. The summed E-state index contributed by atoms with van der Waals surface area (Å²) < 4.78 is 11.9. The summed E-state index contributed by atoms with van der Waals surface area (Å²) in [6, 6.07) is 8.19. The monoisotopic (exact) mass is 253 g/mol. The van der Waals surface area contributed by atoms with E-state index in [4.69, 9.17) is 5.73 Å². The summed E-state index contributed by atoms with van der Waals surface area (Å²) in [5, 5.41) is 0.232. The van der Waals surface area contributed by atoms with E-state index >= 15 is 0 Å². The lowest BCUT2D eigenvalue weighted by molar-refractivity contribution is 0.662. The van der Waals surface area contributed by atoms with Gasteiger partial charge in [0, 0.05) is 27.8 Å². The molecule has 0 amide bonds. The van der Waals surface area contributed by atoms with Gasteiger partial charge >= 0.3 is 0 Å². The Hall–Kier alpha value is -0.670. The molecule has 0 aliphatic rings. The van der Waals surface area contributed by atoms with E-state index in [1.165, 1.54) is 5.56 Å². The van der Waals surface area contributed by atoms with Gasteiger partial charge in [0.25, 0.3) is 0 Å². The first kappa shape index (κ1) is 14.4. The minimum absolute atomic E-state index is 0.115. The molecule has 0 radical (unpaired) electrons. The van der Waals surface area contributed by atoms with Crippen molar-refractivity contribution in [3.63, 3.8) is 0 Å². The fraction of sp³-hybridized carbons (Fsp3) is 0.571. The van der Waals surface area contributed by atoms with E-state index in [1.807, 2.05) is 6.92 Å². The van der Waals surface area contributed by atoms with Crippen molar-refractivity contribution in [3.05, 3.63) is 35.4 Å². The molecule has 1 aromatic carbocycles. The van der Waals surface area contributed by atoms with Crippen molar-refractivity contribution >= 4 is 10.8 Å². The molecule has 96 valence electrons. The Balaban J connectivity index is 2.63. The highest BCUT2D eigenvalue weighted by Crippen LogP contribution is 2.15. The van der Waals surface area contributed by atoms with Crippen LogP contribution in [0, 0.1) is 0 Å². The molecule has 0 fully saturated rings. The van der Waals surface area contributed by atoms with Gasteiger partial charge in [-0.15, -0.1) is 0 Å².